The molecule has 0 spiro atoms. The van der Waals surface area contributed by atoms with E-state index in [1.54, 1.807) is 6.26 Å². The molecule has 5 heteroatoms. The van der Waals surface area contributed by atoms with Gasteiger partial charge in [-0.25, -0.2) is 0 Å². The Morgan fingerprint density at radius 2 is 2.21 bits per heavy atom. The minimum atomic E-state index is -0.490. The fourth-order valence-corrected chi connectivity index (χ4v) is 1.56. The van der Waals surface area contributed by atoms with E-state index in [1.807, 2.05) is 26.0 Å². The molecule has 1 rings (SSSR count). The van der Waals surface area contributed by atoms with E-state index in [0.717, 1.165) is 18.7 Å². The number of hydrogen-bond acceptors (Lipinski definition) is 5. The molecule has 1 unspecified atom stereocenters. The maximum absolute atomic E-state index is 9.66. The highest BCUT2D eigenvalue weighted by Crippen LogP contribution is 1.99. The van der Waals surface area contributed by atoms with Crippen LogP contribution >= 0.6 is 0 Å². The molecule has 5 nitrogen and oxygen atoms in total. The van der Waals surface area contributed by atoms with Gasteiger partial charge in [0.2, 0.25) is 0 Å². The first kappa shape index (κ1) is 16.2. The van der Waals surface area contributed by atoms with Crippen LogP contribution in [0.2, 0.25) is 0 Å². The van der Waals surface area contributed by atoms with Gasteiger partial charge in [0, 0.05) is 19.5 Å². The summed E-state index contributed by atoms with van der Waals surface area (Å²) in [6.45, 7) is 6.68. The molecule has 1 atom stereocenters. The lowest BCUT2D eigenvalue weighted by molar-refractivity contribution is -0.00990. The number of aliphatic hydroxyl groups is 1. The SMILES string of the molecule is CC(C)OCCOCC(O)CNCCc1ccco1. The van der Waals surface area contributed by atoms with Gasteiger partial charge in [-0.3, -0.25) is 0 Å². The Kier molecular flexibility index (Phi) is 8.49. The monoisotopic (exact) mass is 271 g/mol. The predicted molar refractivity (Wildman–Crippen MR) is 73.2 cm³/mol. The molecule has 0 fully saturated rings. The zero-order chi connectivity index (χ0) is 13.9. The van der Waals surface area contributed by atoms with Crippen molar-refractivity contribution in [2.45, 2.75) is 32.5 Å². The van der Waals surface area contributed by atoms with E-state index in [-0.39, 0.29) is 6.10 Å². The van der Waals surface area contributed by atoms with Crippen LogP contribution in [0.1, 0.15) is 19.6 Å². The highest BCUT2D eigenvalue weighted by atomic mass is 16.5. The molecule has 0 bridgehead atoms. The first-order chi connectivity index (χ1) is 9.18. The van der Waals surface area contributed by atoms with Crippen molar-refractivity contribution >= 4 is 0 Å². The average Bonchev–Trinajstić information content (AvgIpc) is 2.87. The van der Waals surface area contributed by atoms with Crippen LogP contribution in [0.3, 0.4) is 0 Å². The van der Waals surface area contributed by atoms with Crippen molar-refractivity contribution in [3.05, 3.63) is 24.2 Å². The maximum Gasteiger partial charge on any atom is 0.105 e. The smallest absolute Gasteiger partial charge is 0.105 e. The molecule has 0 aliphatic rings. The van der Waals surface area contributed by atoms with Crippen LogP contribution in [0.15, 0.2) is 22.8 Å². The van der Waals surface area contributed by atoms with Crippen molar-refractivity contribution in [2.75, 3.05) is 32.9 Å². The van der Waals surface area contributed by atoms with Crippen molar-refractivity contribution in [3.8, 4) is 0 Å². The number of ether oxygens (including phenoxy) is 2. The van der Waals surface area contributed by atoms with Crippen LogP contribution in [-0.4, -0.2) is 50.2 Å². The van der Waals surface area contributed by atoms with E-state index in [2.05, 4.69) is 5.32 Å². The summed E-state index contributed by atoms with van der Waals surface area (Å²) in [5.41, 5.74) is 0. The Morgan fingerprint density at radius 3 is 2.89 bits per heavy atom. The summed E-state index contributed by atoms with van der Waals surface area (Å²) in [6.07, 6.45) is 2.22. The zero-order valence-corrected chi connectivity index (χ0v) is 11.8. The lowest BCUT2D eigenvalue weighted by Gasteiger charge is -2.13. The standard InChI is InChI=1S/C14H25NO4/c1-12(2)18-9-8-17-11-13(16)10-15-6-5-14-4-3-7-19-14/h3-4,7,12-13,15-16H,5-6,8-11H2,1-2H3. The molecule has 110 valence electrons. The van der Waals surface area contributed by atoms with Gasteiger partial charge in [-0.05, 0) is 26.0 Å². The third kappa shape index (κ3) is 8.77. The zero-order valence-electron chi connectivity index (χ0n) is 11.8. The Labute approximate surface area is 114 Å². The summed E-state index contributed by atoms with van der Waals surface area (Å²) >= 11 is 0. The van der Waals surface area contributed by atoms with Gasteiger partial charge < -0.3 is 24.3 Å². The number of aliphatic hydroxyl groups excluding tert-OH is 1. The molecule has 2 N–H and O–H groups in total. The fourth-order valence-electron chi connectivity index (χ4n) is 1.56. The van der Waals surface area contributed by atoms with E-state index in [4.69, 9.17) is 13.9 Å². The van der Waals surface area contributed by atoms with E-state index >= 15 is 0 Å². The van der Waals surface area contributed by atoms with Crippen molar-refractivity contribution in [1.82, 2.24) is 5.32 Å². The summed E-state index contributed by atoms with van der Waals surface area (Å²) in [7, 11) is 0. The van der Waals surface area contributed by atoms with Gasteiger partial charge in [0.05, 0.1) is 38.3 Å². The highest BCUT2D eigenvalue weighted by molar-refractivity contribution is 4.98. The summed E-state index contributed by atoms with van der Waals surface area (Å²) in [4.78, 5) is 0. The molecule has 1 aromatic rings. The fraction of sp³-hybridized carbons (Fsp3) is 0.714. The Bertz CT molecular complexity index is 300. The molecule has 0 saturated carbocycles. The second kappa shape index (κ2) is 9.97. The molecule has 0 radical (unpaired) electrons. The van der Waals surface area contributed by atoms with E-state index in [9.17, 15) is 5.11 Å². The van der Waals surface area contributed by atoms with Crippen LogP contribution in [0.25, 0.3) is 0 Å². The van der Waals surface area contributed by atoms with Crippen molar-refractivity contribution < 1.29 is 19.0 Å². The van der Waals surface area contributed by atoms with Crippen LogP contribution in [0, 0.1) is 0 Å². The number of rotatable bonds is 11. The Hall–Kier alpha value is -0.880. The lowest BCUT2D eigenvalue weighted by atomic mass is 10.3. The first-order valence-corrected chi connectivity index (χ1v) is 6.79. The molecule has 1 heterocycles. The van der Waals surface area contributed by atoms with Crippen LogP contribution in [0.5, 0.6) is 0 Å². The third-order valence-corrected chi connectivity index (χ3v) is 2.50. The van der Waals surface area contributed by atoms with Crippen LogP contribution in [-0.2, 0) is 15.9 Å². The minimum Gasteiger partial charge on any atom is -0.469 e. The maximum atomic E-state index is 9.66. The molecule has 0 aliphatic heterocycles. The normalized spacial score (nSPS) is 13.1. The molecule has 19 heavy (non-hydrogen) atoms. The summed E-state index contributed by atoms with van der Waals surface area (Å²) < 4.78 is 15.9. The summed E-state index contributed by atoms with van der Waals surface area (Å²) in [5, 5.41) is 12.8. The molecular weight excluding hydrogens is 246 g/mol. The first-order valence-electron chi connectivity index (χ1n) is 6.79. The van der Waals surface area contributed by atoms with Gasteiger partial charge in [0.25, 0.3) is 0 Å². The topological polar surface area (TPSA) is 63.9 Å². The number of nitrogens with one attached hydrogen (secondary N) is 1. The van der Waals surface area contributed by atoms with Gasteiger partial charge >= 0.3 is 0 Å². The van der Waals surface area contributed by atoms with Gasteiger partial charge in [-0.1, -0.05) is 0 Å². The molecule has 1 aromatic heterocycles. The quantitative estimate of drug-likeness (QED) is 0.592. The molecule has 0 saturated heterocycles. The van der Waals surface area contributed by atoms with E-state index in [0.29, 0.717) is 26.4 Å². The number of furan rings is 1. The summed E-state index contributed by atoms with van der Waals surface area (Å²) in [6, 6.07) is 3.81. The predicted octanol–water partition coefficient (Wildman–Crippen LogP) is 1.21. The van der Waals surface area contributed by atoms with Gasteiger partial charge in [-0.15, -0.1) is 0 Å². The molecule has 0 aliphatic carbocycles. The average molecular weight is 271 g/mol. The van der Waals surface area contributed by atoms with Crippen molar-refractivity contribution in [1.29, 1.82) is 0 Å². The largest absolute Gasteiger partial charge is 0.469 e. The van der Waals surface area contributed by atoms with Crippen molar-refractivity contribution in [2.24, 2.45) is 0 Å². The van der Waals surface area contributed by atoms with Gasteiger partial charge in [0.15, 0.2) is 0 Å². The second-order valence-corrected chi connectivity index (χ2v) is 4.68. The van der Waals surface area contributed by atoms with E-state index in [1.165, 1.54) is 0 Å². The van der Waals surface area contributed by atoms with Crippen LogP contribution < -0.4 is 5.32 Å². The second-order valence-electron chi connectivity index (χ2n) is 4.68. The van der Waals surface area contributed by atoms with Gasteiger partial charge in [0.1, 0.15) is 5.76 Å². The third-order valence-electron chi connectivity index (χ3n) is 2.50. The molecule has 0 aromatic carbocycles. The highest BCUT2D eigenvalue weighted by Gasteiger charge is 2.04. The Morgan fingerprint density at radius 1 is 1.37 bits per heavy atom. The van der Waals surface area contributed by atoms with Gasteiger partial charge in [-0.2, -0.15) is 0 Å². The minimum absolute atomic E-state index is 0.219. The Balaban J connectivity index is 1.89. The lowest BCUT2D eigenvalue weighted by Crippen LogP contribution is -2.32. The summed E-state index contributed by atoms with van der Waals surface area (Å²) in [5.74, 6) is 0.948. The molecule has 0 amide bonds. The number of hydrogen-bond donors (Lipinski definition) is 2. The van der Waals surface area contributed by atoms with E-state index < -0.39 is 6.10 Å². The van der Waals surface area contributed by atoms with Crippen LogP contribution in [0.4, 0.5) is 0 Å². The molecular formula is C14H25NO4. The van der Waals surface area contributed by atoms with Crippen molar-refractivity contribution in [3.63, 3.8) is 0 Å².